The normalized spacial score (nSPS) is 17.9. The maximum absolute atomic E-state index is 12.1. The van der Waals surface area contributed by atoms with Crippen molar-refractivity contribution in [3.63, 3.8) is 0 Å². The van der Waals surface area contributed by atoms with Crippen molar-refractivity contribution in [3.05, 3.63) is 30.0 Å². The van der Waals surface area contributed by atoms with E-state index in [1.807, 2.05) is 24.3 Å². The Morgan fingerprint density at radius 1 is 1.40 bits per heavy atom. The highest BCUT2D eigenvalue weighted by Crippen LogP contribution is 2.14. The van der Waals surface area contributed by atoms with Crippen LogP contribution in [0.3, 0.4) is 0 Å². The Morgan fingerprint density at radius 3 is 3.05 bits per heavy atom. The molecule has 1 aromatic heterocycles. The Balaban J connectivity index is 0.00000147. The van der Waals surface area contributed by atoms with E-state index in [-0.39, 0.29) is 18.3 Å². The molecule has 2 aromatic rings. The first-order valence-corrected chi connectivity index (χ1v) is 6.79. The van der Waals surface area contributed by atoms with Gasteiger partial charge in [0.1, 0.15) is 0 Å². The van der Waals surface area contributed by atoms with Crippen LogP contribution in [0.5, 0.6) is 0 Å². The molecule has 1 fully saturated rings. The lowest BCUT2D eigenvalue weighted by Gasteiger charge is -2.10. The first-order chi connectivity index (χ1) is 9.34. The second-order valence-corrected chi connectivity index (χ2v) is 4.96. The summed E-state index contributed by atoms with van der Waals surface area (Å²) in [5, 5.41) is 14.2. The van der Waals surface area contributed by atoms with E-state index in [1.54, 1.807) is 0 Å². The highest BCUT2D eigenvalue weighted by atomic mass is 35.5. The zero-order valence-electron chi connectivity index (χ0n) is 11.2. The summed E-state index contributed by atoms with van der Waals surface area (Å²) in [4.78, 5) is 12.1. The van der Waals surface area contributed by atoms with Crippen LogP contribution in [0, 0.1) is 0 Å². The summed E-state index contributed by atoms with van der Waals surface area (Å²) in [5.41, 5.74) is 1.38. The van der Waals surface area contributed by atoms with Gasteiger partial charge in [0, 0.05) is 18.0 Å². The Bertz CT molecular complexity index is 577. The zero-order chi connectivity index (χ0) is 13.1. The Labute approximate surface area is 123 Å². The monoisotopic (exact) mass is 294 g/mol. The molecular weight excluding hydrogens is 276 g/mol. The highest BCUT2D eigenvalue weighted by Gasteiger charge is 2.16. The van der Waals surface area contributed by atoms with Crippen LogP contribution in [0.4, 0.5) is 0 Å². The van der Waals surface area contributed by atoms with Gasteiger partial charge in [0.15, 0.2) is 5.69 Å². The van der Waals surface area contributed by atoms with Crippen LogP contribution in [0.2, 0.25) is 0 Å². The maximum Gasteiger partial charge on any atom is 0.272 e. The summed E-state index contributed by atoms with van der Waals surface area (Å²) in [6.45, 7) is 1.79. The average Bonchev–Trinajstić information content (AvgIpc) is 3.07. The predicted molar refractivity (Wildman–Crippen MR) is 81.3 cm³/mol. The Morgan fingerprint density at radius 2 is 2.25 bits per heavy atom. The SMILES string of the molecule is Cl.O=C(NCC[C@H]1CCCN1)c1n[nH]c2ccccc12. The smallest absolute Gasteiger partial charge is 0.272 e. The zero-order valence-corrected chi connectivity index (χ0v) is 12.0. The van der Waals surface area contributed by atoms with Crippen LogP contribution in [0.1, 0.15) is 29.8 Å². The molecule has 0 radical (unpaired) electrons. The van der Waals surface area contributed by atoms with Gasteiger partial charge in [-0.2, -0.15) is 5.10 Å². The third kappa shape index (κ3) is 3.11. The van der Waals surface area contributed by atoms with Crippen molar-refractivity contribution < 1.29 is 4.79 Å². The molecule has 1 aliphatic heterocycles. The van der Waals surface area contributed by atoms with Crippen molar-refractivity contribution in [3.8, 4) is 0 Å². The number of fused-ring (bicyclic) bond motifs is 1. The minimum Gasteiger partial charge on any atom is -0.351 e. The molecule has 0 aliphatic carbocycles. The van der Waals surface area contributed by atoms with Gasteiger partial charge in [-0.15, -0.1) is 12.4 Å². The second-order valence-electron chi connectivity index (χ2n) is 4.96. The molecule has 2 heterocycles. The van der Waals surface area contributed by atoms with E-state index in [1.165, 1.54) is 12.8 Å². The molecule has 6 heteroatoms. The molecule has 0 spiro atoms. The standard InChI is InChI=1S/C14H18N4O.ClH/c19-14(16-9-7-10-4-3-8-15-10)13-11-5-1-2-6-12(11)17-18-13;/h1-2,5-6,10,15H,3-4,7-9H2,(H,16,19)(H,17,18);1H/t10-;/m1./s1. The fourth-order valence-electron chi connectivity index (χ4n) is 2.58. The third-order valence-electron chi connectivity index (χ3n) is 3.63. The van der Waals surface area contributed by atoms with Crippen LogP contribution in [-0.4, -0.2) is 35.2 Å². The number of nitrogens with one attached hydrogen (secondary N) is 3. The number of aromatic amines is 1. The first kappa shape index (κ1) is 14.8. The van der Waals surface area contributed by atoms with Gasteiger partial charge in [0.05, 0.1) is 5.52 Å². The topological polar surface area (TPSA) is 69.8 Å². The number of aromatic nitrogens is 2. The van der Waals surface area contributed by atoms with Gasteiger partial charge in [0.25, 0.3) is 5.91 Å². The number of amides is 1. The van der Waals surface area contributed by atoms with E-state index >= 15 is 0 Å². The molecule has 108 valence electrons. The number of carbonyl (C=O) groups excluding carboxylic acids is 1. The molecule has 1 saturated heterocycles. The van der Waals surface area contributed by atoms with Crippen LogP contribution in [0.25, 0.3) is 10.9 Å². The lowest BCUT2D eigenvalue weighted by atomic mass is 10.1. The number of rotatable bonds is 4. The minimum atomic E-state index is -0.101. The Kier molecular flexibility index (Phi) is 4.98. The summed E-state index contributed by atoms with van der Waals surface area (Å²) in [6, 6.07) is 8.22. The third-order valence-corrected chi connectivity index (χ3v) is 3.63. The molecule has 0 bridgehead atoms. The quantitative estimate of drug-likeness (QED) is 0.806. The summed E-state index contributed by atoms with van der Waals surface area (Å²) >= 11 is 0. The van der Waals surface area contributed by atoms with Gasteiger partial charge in [-0.3, -0.25) is 9.89 Å². The molecule has 1 amide bonds. The van der Waals surface area contributed by atoms with Crippen LogP contribution >= 0.6 is 12.4 Å². The number of hydrogen-bond acceptors (Lipinski definition) is 3. The van der Waals surface area contributed by atoms with Crippen molar-refractivity contribution in [2.75, 3.05) is 13.1 Å². The summed E-state index contributed by atoms with van der Waals surface area (Å²) in [7, 11) is 0. The largest absolute Gasteiger partial charge is 0.351 e. The van der Waals surface area contributed by atoms with Gasteiger partial charge in [-0.1, -0.05) is 18.2 Å². The van der Waals surface area contributed by atoms with Crippen molar-refractivity contribution in [1.82, 2.24) is 20.8 Å². The van der Waals surface area contributed by atoms with Crippen molar-refractivity contribution >= 4 is 29.2 Å². The van der Waals surface area contributed by atoms with Crippen LogP contribution in [-0.2, 0) is 0 Å². The van der Waals surface area contributed by atoms with Gasteiger partial charge in [-0.05, 0) is 31.9 Å². The molecular formula is C14H19ClN4O. The molecule has 0 saturated carbocycles. The number of para-hydroxylation sites is 1. The number of nitrogens with zero attached hydrogens (tertiary/aromatic N) is 1. The first-order valence-electron chi connectivity index (χ1n) is 6.79. The van der Waals surface area contributed by atoms with Gasteiger partial charge in [-0.25, -0.2) is 0 Å². The van der Waals surface area contributed by atoms with E-state index in [4.69, 9.17) is 0 Å². The van der Waals surface area contributed by atoms with Crippen molar-refractivity contribution in [1.29, 1.82) is 0 Å². The Hall–Kier alpha value is -1.59. The summed E-state index contributed by atoms with van der Waals surface area (Å²) < 4.78 is 0. The van der Waals surface area contributed by atoms with E-state index in [0.717, 1.165) is 23.9 Å². The fraction of sp³-hybridized carbons (Fsp3) is 0.429. The second kappa shape index (κ2) is 6.72. The van der Waals surface area contributed by atoms with Gasteiger partial charge >= 0.3 is 0 Å². The number of H-pyrrole nitrogens is 1. The van der Waals surface area contributed by atoms with Gasteiger partial charge < -0.3 is 10.6 Å². The number of hydrogen-bond donors (Lipinski definition) is 3. The lowest BCUT2D eigenvalue weighted by Crippen LogP contribution is -2.30. The van der Waals surface area contributed by atoms with E-state index in [9.17, 15) is 4.79 Å². The van der Waals surface area contributed by atoms with Gasteiger partial charge in [0.2, 0.25) is 0 Å². The number of halogens is 1. The average molecular weight is 295 g/mol. The number of carbonyl (C=O) groups is 1. The van der Waals surface area contributed by atoms with Crippen LogP contribution in [0.15, 0.2) is 24.3 Å². The van der Waals surface area contributed by atoms with E-state index in [2.05, 4.69) is 20.8 Å². The molecule has 1 atom stereocenters. The van der Waals surface area contributed by atoms with Crippen molar-refractivity contribution in [2.45, 2.75) is 25.3 Å². The molecule has 1 aliphatic rings. The molecule has 3 rings (SSSR count). The van der Waals surface area contributed by atoms with E-state index in [0.29, 0.717) is 18.3 Å². The molecule has 0 unspecified atom stereocenters. The predicted octanol–water partition coefficient (Wildman–Crippen LogP) is 1.86. The fourth-order valence-corrected chi connectivity index (χ4v) is 2.58. The maximum atomic E-state index is 12.1. The van der Waals surface area contributed by atoms with Crippen LogP contribution < -0.4 is 10.6 Å². The van der Waals surface area contributed by atoms with E-state index < -0.39 is 0 Å². The molecule has 5 nitrogen and oxygen atoms in total. The summed E-state index contributed by atoms with van der Waals surface area (Å²) in [6.07, 6.45) is 3.43. The minimum absolute atomic E-state index is 0. The molecule has 20 heavy (non-hydrogen) atoms. The lowest BCUT2D eigenvalue weighted by molar-refractivity contribution is 0.0949. The van der Waals surface area contributed by atoms with Crippen molar-refractivity contribution in [2.24, 2.45) is 0 Å². The number of benzene rings is 1. The molecule has 3 N–H and O–H groups in total. The summed E-state index contributed by atoms with van der Waals surface area (Å²) in [5.74, 6) is -0.101. The molecule has 1 aromatic carbocycles. The highest BCUT2D eigenvalue weighted by molar-refractivity contribution is 6.04.